The van der Waals surface area contributed by atoms with Crippen molar-refractivity contribution in [2.24, 2.45) is 0 Å². The monoisotopic (exact) mass is 722 g/mol. The molecular weight excluding hydrogens is 655 g/mol. The summed E-state index contributed by atoms with van der Waals surface area (Å²) in [6.07, 6.45) is 0. The van der Waals surface area contributed by atoms with Crippen LogP contribution in [0.5, 0.6) is 0 Å². The standard InChI is InChI=1S/C52H35NO/c1-4-13-36(14-5-1)39-23-28-44(29-24-39)53(45-30-25-40(26-31-45)37-15-6-2-7-16-37)49-34-33-46(43-21-12-20-42(35-43)38-17-8-3-9-18-38)50-48-32-27-41-19-10-11-22-47(41)51(48)54-52(49)50/h1-35H/i1D,2D,3D,4D,5D,6D,7D,8D,9D,10D,11D,12D,13D,14D,15D,16D,17D,18D,19D,20D,21D,22D,23D,24D,25D,26D,28D,29D,30D,31D,33D,34D,35D. The second kappa shape index (κ2) is 13.4. The summed E-state index contributed by atoms with van der Waals surface area (Å²) in [5, 5.41) is -1.63. The summed E-state index contributed by atoms with van der Waals surface area (Å²) in [6, 6.07) is -31.9. The van der Waals surface area contributed by atoms with Crippen LogP contribution in [0.3, 0.4) is 0 Å². The third-order valence-electron chi connectivity index (χ3n) is 8.10. The van der Waals surface area contributed by atoms with Gasteiger partial charge in [0.1, 0.15) is 5.58 Å². The van der Waals surface area contributed by atoms with E-state index in [1.165, 1.54) is 0 Å². The maximum atomic E-state index is 10.1. The largest absolute Gasteiger partial charge is 0.453 e. The predicted octanol–water partition coefficient (Wildman–Crippen LogP) is 14.9. The molecule has 10 aromatic rings. The molecule has 0 saturated carbocycles. The molecule has 0 saturated heterocycles. The van der Waals surface area contributed by atoms with Gasteiger partial charge in [-0.3, -0.25) is 0 Å². The van der Waals surface area contributed by atoms with Crippen LogP contribution >= 0.6 is 0 Å². The van der Waals surface area contributed by atoms with E-state index in [2.05, 4.69) is 0 Å². The number of hydrogen-bond acceptors (Lipinski definition) is 2. The van der Waals surface area contributed by atoms with Crippen LogP contribution in [0.4, 0.5) is 17.1 Å². The van der Waals surface area contributed by atoms with Crippen molar-refractivity contribution >= 4 is 49.8 Å². The molecule has 0 amide bonds. The topological polar surface area (TPSA) is 16.4 Å². The fourth-order valence-electron chi connectivity index (χ4n) is 5.72. The first-order valence-electron chi connectivity index (χ1n) is 32.2. The zero-order valence-corrected chi connectivity index (χ0v) is 27.0. The van der Waals surface area contributed by atoms with Crippen molar-refractivity contribution in [3.05, 3.63) is 212 Å². The lowest BCUT2D eigenvalue weighted by Crippen LogP contribution is -2.10. The Balaban J connectivity index is 1.48. The van der Waals surface area contributed by atoms with E-state index in [0.717, 1.165) is 12.1 Å². The highest BCUT2D eigenvalue weighted by Crippen LogP contribution is 2.47. The fourth-order valence-corrected chi connectivity index (χ4v) is 5.72. The van der Waals surface area contributed by atoms with Crippen LogP contribution in [0.2, 0.25) is 0 Å². The molecule has 2 nitrogen and oxygen atoms in total. The maximum absolute atomic E-state index is 10.1. The fraction of sp³-hybridized carbons (Fsp3) is 0. The minimum Gasteiger partial charge on any atom is -0.453 e. The van der Waals surface area contributed by atoms with Gasteiger partial charge in [0.15, 0.2) is 5.58 Å². The molecule has 1 heterocycles. The van der Waals surface area contributed by atoms with Gasteiger partial charge in [-0.25, -0.2) is 0 Å². The number of rotatable bonds is 7. The van der Waals surface area contributed by atoms with Gasteiger partial charge < -0.3 is 9.32 Å². The van der Waals surface area contributed by atoms with Gasteiger partial charge in [-0.2, -0.15) is 0 Å². The number of anilines is 3. The Hall–Kier alpha value is -7.16. The molecular formula is C52H35NO. The zero-order valence-electron chi connectivity index (χ0n) is 60.0. The molecule has 9 aromatic carbocycles. The predicted molar refractivity (Wildman–Crippen MR) is 228 cm³/mol. The Morgan fingerprint density at radius 2 is 0.870 bits per heavy atom. The summed E-state index contributed by atoms with van der Waals surface area (Å²) in [5.74, 6) is 0. The molecule has 0 bridgehead atoms. The Labute approximate surface area is 361 Å². The molecule has 54 heavy (non-hydrogen) atoms. The van der Waals surface area contributed by atoms with Crippen LogP contribution in [0.25, 0.3) is 77.2 Å². The molecule has 0 radical (unpaired) electrons. The molecule has 0 atom stereocenters. The Bertz CT molecular complexity index is 4580. The van der Waals surface area contributed by atoms with Crippen LogP contribution in [0.15, 0.2) is 216 Å². The van der Waals surface area contributed by atoms with E-state index in [4.69, 9.17) is 33.2 Å². The quantitative estimate of drug-likeness (QED) is 0.163. The highest BCUT2D eigenvalue weighted by atomic mass is 16.3. The Kier molecular flexibility index (Phi) is 3.10. The van der Waals surface area contributed by atoms with Crippen molar-refractivity contribution < 1.29 is 49.7 Å². The SMILES string of the molecule is [2H]c1c([2H])c([2H])c(-c2c([2H])c([2H])c(N(c3c([2H])c([2H])c(-c4c([2H])c([2H])c([2H])c([2H])c4[2H])c([2H])c3[2H])c3c([2H])c([2H])c(-c4c([2H])c([2H])c([2H])c(-c5c([2H])c([2H])c([2H])c([2H])c5[2H])c4[2H])c4c3oc3c4ccc4c([2H])c([2H])c([2H])c([2H])c43)c([2H])c2[2H])c([2H])c1[2H]. The van der Waals surface area contributed by atoms with Crippen LogP contribution in [-0.2, 0) is 0 Å². The summed E-state index contributed by atoms with van der Waals surface area (Å²) < 4.78 is 303. The van der Waals surface area contributed by atoms with Gasteiger partial charge in [0.05, 0.1) is 50.9 Å². The van der Waals surface area contributed by atoms with Gasteiger partial charge in [0.2, 0.25) is 0 Å². The number of nitrogens with zero attached hydrogens (tertiary/aromatic N) is 1. The van der Waals surface area contributed by atoms with Crippen LogP contribution in [0, 0.1) is 0 Å². The smallest absolute Gasteiger partial charge is 0.160 e. The molecule has 0 spiro atoms. The Morgan fingerprint density at radius 1 is 0.370 bits per heavy atom. The van der Waals surface area contributed by atoms with Gasteiger partial charge in [-0.1, -0.05) is 169 Å². The van der Waals surface area contributed by atoms with Crippen LogP contribution in [-0.4, -0.2) is 0 Å². The first-order chi connectivity index (χ1) is 40.5. The zero-order chi connectivity index (χ0) is 64.6. The molecule has 0 N–H and O–H groups in total. The van der Waals surface area contributed by atoms with Crippen molar-refractivity contribution in [3.63, 3.8) is 0 Å². The van der Waals surface area contributed by atoms with Crippen LogP contribution < -0.4 is 4.90 Å². The van der Waals surface area contributed by atoms with Gasteiger partial charge >= 0.3 is 0 Å². The first kappa shape index (κ1) is 12.5. The third kappa shape index (κ3) is 5.62. The third-order valence-corrected chi connectivity index (χ3v) is 8.10. The number of furan rings is 1. The van der Waals surface area contributed by atoms with Crippen molar-refractivity contribution in [1.82, 2.24) is 0 Å². The summed E-state index contributed by atoms with van der Waals surface area (Å²) in [6.45, 7) is 0. The number of fused-ring (bicyclic) bond motifs is 5. The normalized spacial score (nSPS) is 19.9. The number of benzene rings is 9. The van der Waals surface area contributed by atoms with E-state index in [-0.39, 0.29) is 10.8 Å². The lowest BCUT2D eigenvalue weighted by Gasteiger charge is -2.26. The van der Waals surface area contributed by atoms with Gasteiger partial charge in [-0.15, -0.1) is 0 Å². The lowest BCUT2D eigenvalue weighted by atomic mass is 9.94. The number of hydrogen-bond donors (Lipinski definition) is 0. The average Bonchev–Trinajstić information content (AvgIpc) is 1.75. The second-order valence-electron chi connectivity index (χ2n) is 11.2. The Morgan fingerprint density at radius 3 is 1.48 bits per heavy atom. The summed E-state index contributed by atoms with van der Waals surface area (Å²) in [5.41, 5.74) is -11.8. The highest BCUT2D eigenvalue weighted by Gasteiger charge is 2.23. The molecule has 0 fully saturated rings. The van der Waals surface area contributed by atoms with Gasteiger partial charge in [0, 0.05) is 27.5 Å². The molecule has 0 aliphatic heterocycles. The van der Waals surface area contributed by atoms with Crippen molar-refractivity contribution in [2.45, 2.75) is 0 Å². The van der Waals surface area contributed by atoms with Gasteiger partial charge in [0.25, 0.3) is 0 Å². The molecule has 2 heteroatoms. The summed E-state index contributed by atoms with van der Waals surface area (Å²) >= 11 is 0. The maximum Gasteiger partial charge on any atom is 0.160 e. The average molecular weight is 723 g/mol. The van der Waals surface area contributed by atoms with Crippen molar-refractivity contribution in [1.29, 1.82) is 0 Å². The first-order valence-corrected chi connectivity index (χ1v) is 15.7. The molecule has 0 aliphatic rings. The molecule has 1 aromatic heterocycles. The van der Waals surface area contributed by atoms with E-state index < -0.39 is 283 Å². The van der Waals surface area contributed by atoms with Crippen molar-refractivity contribution in [3.8, 4) is 44.5 Å². The second-order valence-corrected chi connectivity index (χ2v) is 11.2. The van der Waals surface area contributed by atoms with E-state index >= 15 is 0 Å². The van der Waals surface area contributed by atoms with E-state index in [1.54, 1.807) is 0 Å². The highest BCUT2D eigenvalue weighted by molar-refractivity contribution is 6.22. The molecule has 0 unspecified atom stereocenters. The van der Waals surface area contributed by atoms with E-state index in [0.29, 0.717) is 4.90 Å². The van der Waals surface area contributed by atoms with E-state index in [1.807, 2.05) is 0 Å². The molecule has 10 rings (SSSR count). The molecule has 254 valence electrons. The van der Waals surface area contributed by atoms with Crippen molar-refractivity contribution in [2.75, 3.05) is 4.90 Å². The van der Waals surface area contributed by atoms with E-state index in [9.17, 15) is 16.4 Å². The van der Waals surface area contributed by atoms with Gasteiger partial charge in [-0.05, 0) is 92.2 Å². The van der Waals surface area contributed by atoms with Crippen LogP contribution in [0.1, 0.15) is 45.2 Å². The minimum atomic E-state index is -1.29. The molecule has 0 aliphatic carbocycles. The summed E-state index contributed by atoms with van der Waals surface area (Å²) in [4.78, 5) is 0.384. The minimum absolute atomic E-state index is 0.242. The lowest BCUT2D eigenvalue weighted by molar-refractivity contribution is 0.673. The summed E-state index contributed by atoms with van der Waals surface area (Å²) in [7, 11) is 0.